The molecule has 0 aromatic heterocycles. The van der Waals surface area contributed by atoms with E-state index in [4.69, 9.17) is 15.2 Å². The van der Waals surface area contributed by atoms with Crippen LogP contribution in [0, 0.1) is 0 Å². The highest BCUT2D eigenvalue weighted by atomic mass is 79.9. The SMILES string of the molecule is COc1ccc(C(N)c2ccc(OC(C)C)cc2)cc1Br. The molecule has 21 heavy (non-hydrogen) atoms. The molecule has 2 N–H and O–H groups in total. The van der Waals surface area contributed by atoms with Crippen LogP contribution < -0.4 is 15.2 Å². The zero-order chi connectivity index (χ0) is 15.4. The van der Waals surface area contributed by atoms with Crippen LogP contribution in [0.1, 0.15) is 31.0 Å². The minimum absolute atomic E-state index is 0.169. The Hall–Kier alpha value is -1.52. The van der Waals surface area contributed by atoms with Gasteiger partial charge < -0.3 is 15.2 Å². The number of benzene rings is 2. The third-order valence-electron chi connectivity index (χ3n) is 3.15. The predicted molar refractivity (Wildman–Crippen MR) is 88.9 cm³/mol. The highest BCUT2D eigenvalue weighted by Crippen LogP contribution is 2.30. The van der Waals surface area contributed by atoms with Gasteiger partial charge in [0.1, 0.15) is 11.5 Å². The lowest BCUT2D eigenvalue weighted by Crippen LogP contribution is -2.12. The predicted octanol–water partition coefficient (Wildman–Crippen LogP) is 4.29. The van der Waals surface area contributed by atoms with Crippen molar-refractivity contribution < 1.29 is 9.47 Å². The van der Waals surface area contributed by atoms with Crippen molar-refractivity contribution in [2.24, 2.45) is 5.73 Å². The fourth-order valence-corrected chi connectivity index (χ4v) is 2.65. The summed E-state index contributed by atoms with van der Waals surface area (Å²) in [6, 6.07) is 13.6. The Balaban J connectivity index is 2.19. The minimum atomic E-state index is -0.180. The number of rotatable bonds is 5. The molecular formula is C17H20BrNO2. The average molecular weight is 350 g/mol. The van der Waals surface area contributed by atoms with E-state index in [0.29, 0.717) is 0 Å². The van der Waals surface area contributed by atoms with Crippen LogP contribution in [0.15, 0.2) is 46.9 Å². The number of nitrogens with two attached hydrogens (primary N) is 1. The molecule has 2 aromatic rings. The van der Waals surface area contributed by atoms with Gasteiger partial charge in [-0.15, -0.1) is 0 Å². The van der Waals surface area contributed by atoms with Gasteiger partial charge in [-0.1, -0.05) is 18.2 Å². The molecule has 1 unspecified atom stereocenters. The summed E-state index contributed by atoms with van der Waals surface area (Å²) in [5.41, 5.74) is 8.40. The van der Waals surface area contributed by atoms with E-state index >= 15 is 0 Å². The Morgan fingerprint density at radius 2 is 1.62 bits per heavy atom. The first-order valence-corrected chi connectivity index (χ1v) is 7.66. The van der Waals surface area contributed by atoms with Crippen LogP contribution in [-0.4, -0.2) is 13.2 Å². The summed E-state index contributed by atoms with van der Waals surface area (Å²) in [5.74, 6) is 1.66. The van der Waals surface area contributed by atoms with E-state index in [2.05, 4.69) is 15.9 Å². The highest BCUT2D eigenvalue weighted by Gasteiger charge is 2.11. The maximum atomic E-state index is 6.33. The van der Waals surface area contributed by atoms with Crippen LogP contribution in [0.3, 0.4) is 0 Å². The van der Waals surface area contributed by atoms with Crippen LogP contribution >= 0.6 is 15.9 Å². The molecule has 0 heterocycles. The van der Waals surface area contributed by atoms with Crippen LogP contribution in [0.4, 0.5) is 0 Å². The van der Waals surface area contributed by atoms with Crippen molar-refractivity contribution in [1.29, 1.82) is 0 Å². The van der Waals surface area contributed by atoms with Crippen molar-refractivity contribution in [1.82, 2.24) is 0 Å². The van der Waals surface area contributed by atoms with Crippen molar-refractivity contribution in [3.63, 3.8) is 0 Å². The van der Waals surface area contributed by atoms with Gasteiger partial charge in [0.2, 0.25) is 0 Å². The second-order valence-electron chi connectivity index (χ2n) is 5.11. The summed E-state index contributed by atoms with van der Waals surface area (Å²) in [6.45, 7) is 4.02. The molecule has 0 amide bonds. The first-order chi connectivity index (χ1) is 10.0. The van der Waals surface area contributed by atoms with Gasteiger partial charge in [-0.3, -0.25) is 0 Å². The Kier molecular flexibility index (Phi) is 5.26. The van der Waals surface area contributed by atoms with Gasteiger partial charge in [-0.05, 0) is 65.2 Å². The van der Waals surface area contributed by atoms with Crippen LogP contribution in [-0.2, 0) is 0 Å². The molecule has 0 radical (unpaired) electrons. The van der Waals surface area contributed by atoms with Crippen molar-refractivity contribution in [3.8, 4) is 11.5 Å². The number of ether oxygens (including phenoxy) is 2. The third-order valence-corrected chi connectivity index (χ3v) is 3.77. The van der Waals surface area contributed by atoms with Crippen LogP contribution in [0.25, 0.3) is 0 Å². The van der Waals surface area contributed by atoms with Gasteiger partial charge in [0.15, 0.2) is 0 Å². The summed E-state index contributed by atoms with van der Waals surface area (Å²) >= 11 is 3.49. The average Bonchev–Trinajstić information content (AvgIpc) is 2.46. The largest absolute Gasteiger partial charge is 0.496 e. The Labute approximate surface area is 134 Å². The number of methoxy groups -OCH3 is 1. The first-order valence-electron chi connectivity index (χ1n) is 6.87. The molecule has 1 atom stereocenters. The van der Waals surface area contributed by atoms with Crippen molar-refractivity contribution in [3.05, 3.63) is 58.1 Å². The van der Waals surface area contributed by atoms with Gasteiger partial charge in [0.25, 0.3) is 0 Å². The lowest BCUT2D eigenvalue weighted by atomic mass is 9.99. The second-order valence-corrected chi connectivity index (χ2v) is 5.96. The molecule has 2 aromatic carbocycles. The Bertz CT molecular complexity index is 596. The molecule has 0 saturated carbocycles. The fourth-order valence-electron chi connectivity index (χ4n) is 2.09. The summed E-state index contributed by atoms with van der Waals surface area (Å²) in [5, 5.41) is 0. The van der Waals surface area contributed by atoms with E-state index in [9.17, 15) is 0 Å². The zero-order valence-electron chi connectivity index (χ0n) is 12.5. The van der Waals surface area contributed by atoms with E-state index in [1.165, 1.54) is 0 Å². The lowest BCUT2D eigenvalue weighted by molar-refractivity contribution is 0.242. The minimum Gasteiger partial charge on any atom is -0.496 e. The third kappa shape index (κ3) is 3.99. The number of halogens is 1. The van der Waals surface area contributed by atoms with Crippen LogP contribution in [0.2, 0.25) is 0 Å². The smallest absolute Gasteiger partial charge is 0.133 e. The second kappa shape index (κ2) is 6.96. The summed E-state index contributed by atoms with van der Waals surface area (Å²) in [7, 11) is 1.65. The lowest BCUT2D eigenvalue weighted by Gasteiger charge is -2.15. The topological polar surface area (TPSA) is 44.5 Å². The molecule has 3 nitrogen and oxygen atoms in total. The van der Waals surface area contributed by atoms with E-state index in [-0.39, 0.29) is 12.1 Å². The standard InChI is InChI=1S/C17H20BrNO2/c1-11(2)21-14-7-4-12(5-8-14)17(19)13-6-9-16(20-3)15(18)10-13/h4-11,17H,19H2,1-3H3. The van der Waals surface area contributed by atoms with E-state index in [0.717, 1.165) is 27.1 Å². The molecule has 0 aliphatic rings. The van der Waals surface area contributed by atoms with Crippen molar-refractivity contribution in [2.75, 3.05) is 7.11 Å². The molecule has 0 fully saturated rings. The van der Waals surface area contributed by atoms with E-state index in [1.54, 1.807) is 7.11 Å². The maximum Gasteiger partial charge on any atom is 0.133 e. The normalized spacial score (nSPS) is 12.3. The highest BCUT2D eigenvalue weighted by molar-refractivity contribution is 9.10. The monoisotopic (exact) mass is 349 g/mol. The molecule has 0 saturated heterocycles. The molecule has 0 spiro atoms. The van der Waals surface area contributed by atoms with Crippen molar-refractivity contribution >= 4 is 15.9 Å². The number of hydrogen-bond donors (Lipinski definition) is 1. The first kappa shape index (κ1) is 15.9. The van der Waals surface area contributed by atoms with Gasteiger partial charge in [0.05, 0.1) is 23.7 Å². The molecule has 4 heteroatoms. The molecule has 0 aliphatic heterocycles. The van der Waals surface area contributed by atoms with E-state index in [1.807, 2.05) is 56.3 Å². The molecule has 2 rings (SSSR count). The van der Waals surface area contributed by atoms with Crippen LogP contribution in [0.5, 0.6) is 11.5 Å². The summed E-state index contributed by atoms with van der Waals surface area (Å²) < 4.78 is 11.8. The van der Waals surface area contributed by atoms with Crippen molar-refractivity contribution in [2.45, 2.75) is 26.0 Å². The Morgan fingerprint density at radius 3 is 2.14 bits per heavy atom. The van der Waals surface area contributed by atoms with Gasteiger partial charge in [-0.25, -0.2) is 0 Å². The zero-order valence-corrected chi connectivity index (χ0v) is 14.1. The van der Waals surface area contributed by atoms with Gasteiger partial charge in [-0.2, -0.15) is 0 Å². The molecule has 0 bridgehead atoms. The number of hydrogen-bond acceptors (Lipinski definition) is 3. The van der Waals surface area contributed by atoms with Gasteiger partial charge in [0, 0.05) is 0 Å². The molecule has 0 aliphatic carbocycles. The quantitative estimate of drug-likeness (QED) is 0.875. The maximum absolute atomic E-state index is 6.33. The fraction of sp³-hybridized carbons (Fsp3) is 0.294. The van der Waals surface area contributed by atoms with Gasteiger partial charge >= 0.3 is 0 Å². The summed E-state index contributed by atoms with van der Waals surface area (Å²) in [6.07, 6.45) is 0.169. The molecular weight excluding hydrogens is 330 g/mol. The van der Waals surface area contributed by atoms with E-state index < -0.39 is 0 Å². The summed E-state index contributed by atoms with van der Waals surface area (Å²) in [4.78, 5) is 0. The molecule has 112 valence electrons. The Morgan fingerprint density at radius 1 is 1.00 bits per heavy atom.